The number of nitrogens with zero attached hydrogens (tertiary/aromatic N) is 1. The predicted octanol–water partition coefficient (Wildman–Crippen LogP) is 1.92. The van der Waals surface area contributed by atoms with Crippen molar-refractivity contribution in [3.8, 4) is 0 Å². The zero-order valence-corrected chi connectivity index (χ0v) is 10.1. The van der Waals surface area contributed by atoms with Gasteiger partial charge in [-0.2, -0.15) is 0 Å². The fourth-order valence-electron chi connectivity index (χ4n) is 1.58. The first-order chi connectivity index (χ1) is 9.18. The number of carbonyl (C=O) groups is 2. The minimum Gasteiger partial charge on any atom is -0.350 e. The number of hydrazine groups is 1. The van der Waals surface area contributed by atoms with Crippen LogP contribution < -0.4 is 16.2 Å². The largest absolute Gasteiger partial charge is 0.350 e. The standard InChI is InChI=1S/C14H13N3O2/c15-14(19)17(12-9-5-2-6-10-12)16-13(18)11-7-3-1-4-8-11/h1-10H,(H2,15,19)(H,16,18). The van der Waals surface area contributed by atoms with E-state index in [0.29, 0.717) is 11.3 Å². The summed E-state index contributed by atoms with van der Waals surface area (Å²) in [6.07, 6.45) is 0. The molecule has 0 atom stereocenters. The van der Waals surface area contributed by atoms with E-state index in [0.717, 1.165) is 5.01 Å². The third-order valence-electron chi connectivity index (χ3n) is 2.48. The van der Waals surface area contributed by atoms with Crippen LogP contribution in [0.4, 0.5) is 10.5 Å². The Kier molecular flexibility index (Phi) is 3.78. The summed E-state index contributed by atoms with van der Waals surface area (Å²) in [4.78, 5) is 23.4. The maximum absolute atomic E-state index is 12.0. The number of benzene rings is 2. The summed E-state index contributed by atoms with van der Waals surface area (Å²) in [7, 11) is 0. The number of nitrogens with one attached hydrogen (secondary N) is 1. The van der Waals surface area contributed by atoms with Gasteiger partial charge in [0.15, 0.2) is 0 Å². The lowest BCUT2D eigenvalue weighted by atomic mass is 10.2. The van der Waals surface area contributed by atoms with Gasteiger partial charge in [0.2, 0.25) is 0 Å². The van der Waals surface area contributed by atoms with E-state index >= 15 is 0 Å². The highest BCUT2D eigenvalue weighted by molar-refractivity contribution is 6.00. The number of nitrogens with two attached hydrogens (primary N) is 1. The third kappa shape index (κ3) is 3.10. The molecule has 0 saturated carbocycles. The minimum absolute atomic E-state index is 0.400. The number of anilines is 1. The molecule has 2 rings (SSSR count). The van der Waals surface area contributed by atoms with Gasteiger partial charge in [-0.05, 0) is 24.3 Å². The van der Waals surface area contributed by atoms with Crippen LogP contribution in [0.25, 0.3) is 0 Å². The van der Waals surface area contributed by atoms with Crippen LogP contribution in [-0.2, 0) is 0 Å². The Bertz CT molecular complexity index is 570. The summed E-state index contributed by atoms with van der Waals surface area (Å²) < 4.78 is 0. The van der Waals surface area contributed by atoms with Gasteiger partial charge >= 0.3 is 6.03 Å². The summed E-state index contributed by atoms with van der Waals surface area (Å²) in [5.74, 6) is -0.400. The van der Waals surface area contributed by atoms with Crippen LogP contribution in [0.1, 0.15) is 10.4 Å². The molecule has 19 heavy (non-hydrogen) atoms. The first-order valence-electron chi connectivity index (χ1n) is 5.69. The van der Waals surface area contributed by atoms with E-state index in [4.69, 9.17) is 5.73 Å². The van der Waals surface area contributed by atoms with Gasteiger partial charge < -0.3 is 5.73 Å². The van der Waals surface area contributed by atoms with Crippen LogP contribution in [-0.4, -0.2) is 11.9 Å². The Morgan fingerprint density at radius 2 is 1.42 bits per heavy atom. The summed E-state index contributed by atoms with van der Waals surface area (Å²) in [6, 6.07) is 16.5. The van der Waals surface area contributed by atoms with Crippen LogP contribution in [0.2, 0.25) is 0 Å². The lowest BCUT2D eigenvalue weighted by Crippen LogP contribution is -2.49. The number of para-hydroxylation sites is 1. The van der Waals surface area contributed by atoms with Crippen molar-refractivity contribution in [1.82, 2.24) is 5.43 Å². The van der Waals surface area contributed by atoms with E-state index in [1.165, 1.54) is 0 Å². The maximum Gasteiger partial charge on any atom is 0.338 e. The first-order valence-corrected chi connectivity index (χ1v) is 5.69. The summed E-state index contributed by atoms with van der Waals surface area (Å²) in [5.41, 5.74) is 8.68. The second kappa shape index (κ2) is 5.68. The molecule has 0 spiro atoms. The van der Waals surface area contributed by atoms with E-state index in [9.17, 15) is 9.59 Å². The molecule has 0 radical (unpaired) electrons. The van der Waals surface area contributed by atoms with E-state index in [1.54, 1.807) is 54.6 Å². The molecule has 0 aliphatic heterocycles. The van der Waals surface area contributed by atoms with Gasteiger partial charge in [0.05, 0.1) is 5.69 Å². The molecule has 5 nitrogen and oxygen atoms in total. The topological polar surface area (TPSA) is 75.4 Å². The minimum atomic E-state index is -0.754. The molecule has 5 heteroatoms. The van der Waals surface area contributed by atoms with Gasteiger partial charge in [-0.3, -0.25) is 10.2 Å². The van der Waals surface area contributed by atoms with Crippen molar-refractivity contribution in [3.05, 3.63) is 66.2 Å². The second-order valence-electron chi connectivity index (χ2n) is 3.82. The Hall–Kier alpha value is -2.82. The molecule has 0 aromatic heterocycles. The van der Waals surface area contributed by atoms with Gasteiger partial charge in [0.1, 0.15) is 0 Å². The Morgan fingerprint density at radius 3 is 1.95 bits per heavy atom. The summed E-state index contributed by atoms with van der Waals surface area (Å²) >= 11 is 0. The zero-order chi connectivity index (χ0) is 13.7. The maximum atomic E-state index is 12.0. The molecule has 0 unspecified atom stereocenters. The lowest BCUT2D eigenvalue weighted by Gasteiger charge is -2.21. The lowest BCUT2D eigenvalue weighted by molar-refractivity contribution is 0.0951. The number of carbonyl (C=O) groups excluding carboxylic acids is 2. The van der Waals surface area contributed by atoms with Crippen molar-refractivity contribution in [2.75, 3.05) is 5.01 Å². The van der Waals surface area contributed by atoms with E-state index in [-0.39, 0.29) is 0 Å². The molecule has 0 heterocycles. The molecule has 0 aliphatic rings. The van der Waals surface area contributed by atoms with Gasteiger partial charge in [-0.1, -0.05) is 36.4 Å². The quantitative estimate of drug-likeness (QED) is 0.804. The average molecular weight is 255 g/mol. The van der Waals surface area contributed by atoms with Crippen molar-refractivity contribution in [1.29, 1.82) is 0 Å². The normalized spacial score (nSPS) is 9.68. The number of hydrogen-bond acceptors (Lipinski definition) is 2. The van der Waals surface area contributed by atoms with Gasteiger partial charge in [-0.15, -0.1) is 0 Å². The molecule has 2 aromatic rings. The monoisotopic (exact) mass is 255 g/mol. The number of amides is 3. The van der Waals surface area contributed by atoms with Gasteiger partial charge in [0.25, 0.3) is 5.91 Å². The van der Waals surface area contributed by atoms with E-state index < -0.39 is 11.9 Å². The highest BCUT2D eigenvalue weighted by Crippen LogP contribution is 2.11. The van der Waals surface area contributed by atoms with Crippen molar-refractivity contribution in [3.63, 3.8) is 0 Å². The van der Waals surface area contributed by atoms with E-state index in [2.05, 4.69) is 5.43 Å². The smallest absolute Gasteiger partial charge is 0.338 e. The third-order valence-corrected chi connectivity index (χ3v) is 2.48. The van der Waals surface area contributed by atoms with Gasteiger partial charge in [-0.25, -0.2) is 9.80 Å². The van der Waals surface area contributed by atoms with Crippen LogP contribution in [0.5, 0.6) is 0 Å². The molecule has 0 bridgehead atoms. The Morgan fingerprint density at radius 1 is 0.895 bits per heavy atom. The predicted molar refractivity (Wildman–Crippen MR) is 72.4 cm³/mol. The highest BCUT2D eigenvalue weighted by atomic mass is 16.2. The van der Waals surface area contributed by atoms with Crippen molar-refractivity contribution >= 4 is 17.6 Å². The SMILES string of the molecule is NC(=O)N(NC(=O)c1ccccc1)c1ccccc1. The molecule has 0 fully saturated rings. The molecular weight excluding hydrogens is 242 g/mol. The summed E-state index contributed by atoms with van der Waals surface area (Å²) in [5, 5.41) is 1.01. The molecule has 0 aliphatic carbocycles. The average Bonchev–Trinajstić information content (AvgIpc) is 2.46. The highest BCUT2D eigenvalue weighted by Gasteiger charge is 2.15. The molecule has 0 saturated heterocycles. The molecule has 2 aromatic carbocycles. The zero-order valence-electron chi connectivity index (χ0n) is 10.1. The van der Waals surface area contributed by atoms with E-state index in [1.807, 2.05) is 6.07 Å². The number of primary amides is 1. The van der Waals surface area contributed by atoms with Crippen LogP contribution in [0.15, 0.2) is 60.7 Å². The van der Waals surface area contributed by atoms with Crippen molar-refractivity contribution < 1.29 is 9.59 Å². The van der Waals surface area contributed by atoms with Crippen LogP contribution in [0, 0.1) is 0 Å². The first kappa shape index (κ1) is 12.6. The molecular formula is C14H13N3O2. The summed E-state index contributed by atoms with van der Waals surface area (Å²) in [6.45, 7) is 0. The number of hydrogen-bond donors (Lipinski definition) is 2. The van der Waals surface area contributed by atoms with Gasteiger partial charge in [0, 0.05) is 5.56 Å². The number of urea groups is 1. The fraction of sp³-hybridized carbons (Fsp3) is 0. The van der Waals surface area contributed by atoms with Crippen molar-refractivity contribution in [2.45, 2.75) is 0 Å². The number of rotatable bonds is 2. The van der Waals surface area contributed by atoms with Crippen LogP contribution >= 0.6 is 0 Å². The molecule has 96 valence electrons. The second-order valence-corrected chi connectivity index (χ2v) is 3.82. The fourth-order valence-corrected chi connectivity index (χ4v) is 1.58. The van der Waals surface area contributed by atoms with Crippen molar-refractivity contribution in [2.24, 2.45) is 5.73 Å². The Labute approximate surface area is 110 Å². The molecule has 3 amide bonds. The molecule has 3 N–H and O–H groups in total. The van der Waals surface area contributed by atoms with Crippen LogP contribution in [0.3, 0.4) is 0 Å². The Balaban J connectivity index is 2.19.